The minimum atomic E-state index is -0.0212. The number of morpholine rings is 1. The molecule has 6 rings (SSSR count). The number of aryl methyl sites for hydroxylation is 1. The second-order valence-electron chi connectivity index (χ2n) is 10.3. The molecule has 2 fully saturated rings. The quantitative estimate of drug-likeness (QED) is 0.402. The van der Waals surface area contributed by atoms with E-state index < -0.39 is 0 Å². The molecule has 0 radical (unpaired) electrons. The molecule has 0 bridgehead atoms. The van der Waals surface area contributed by atoms with Crippen LogP contribution in [0.2, 0.25) is 0 Å². The van der Waals surface area contributed by atoms with Crippen molar-refractivity contribution in [2.45, 2.75) is 18.8 Å². The Bertz CT molecular complexity index is 1410. The number of fused-ring (bicyclic) bond motifs is 1. The largest absolute Gasteiger partial charge is 0.492 e. The number of nitrogens with one attached hydrogen (secondary N) is 1. The summed E-state index contributed by atoms with van der Waals surface area (Å²) in [5, 5.41) is 0.928. The van der Waals surface area contributed by atoms with Crippen molar-refractivity contribution in [1.29, 1.82) is 0 Å². The van der Waals surface area contributed by atoms with E-state index in [-0.39, 0.29) is 5.56 Å². The molecule has 1 N–H and O–H groups in total. The SMILES string of the molecule is Cn1cc(-c2ccc(N3CCC(c4ccc(OCCN5CCOCC5)cc4)CC3)nc2)c2cc[nH]c2c1=O. The van der Waals surface area contributed by atoms with Gasteiger partial charge in [-0.25, -0.2) is 4.98 Å². The fourth-order valence-corrected chi connectivity index (χ4v) is 5.63. The average molecular weight is 514 g/mol. The van der Waals surface area contributed by atoms with Crippen LogP contribution in [0.1, 0.15) is 24.3 Å². The van der Waals surface area contributed by atoms with Gasteiger partial charge in [0.1, 0.15) is 23.7 Å². The molecule has 8 heteroatoms. The number of benzene rings is 1. The minimum absolute atomic E-state index is 0.0212. The first kappa shape index (κ1) is 24.7. The summed E-state index contributed by atoms with van der Waals surface area (Å²) in [6.07, 6.45) is 7.83. The fraction of sp³-hybridized carbons (Fsp3) is 0.400. The lowest BCUT2D eigenvalue weighted by Gasteiger charge is -2.33. The predicted molar refractivity (Wildman–Crippen MR) is 150 cm³/mol. The number of anilines is 1. The molecule has 2 aliphatic rings. The van der Waals surface area contributed by atoms with Gasteiger partial charge in [0.05, 0.1) is 13.2 Å². The van der Waals surface area contributed by atoms with Crippen molar-refractivity contribution in [2.75, 3.05) is 57.4 Å². The highest BCUT2D eigenvalue weighted by molar-refractivity contribution is 5.94. The summed E-state index contributed by atoms with van der Waals surface area (Å²) < 4.78 is 13.0. The number of H-pyrrole nitrogens is 1. The summed E-state index contributed by atoms with van der Waals surface area (Å²) in [4.78, 5) is 25.0. The maximum Gasteiger partial charge on any atom is 0.274 e. The van der Waals surface area contributed by atoms with Gasteiger partial charge in [-0.1, -0.05) is 12.1 Å². The van der Waals surface area contributed by atoms with Crippen LogP contribution in [-0.2, 0) is 11.8 Å². The monoisotopic (exact) mass is 513 g/mol. The van der Waals surface area contributed by atoms with Gasteiger partial charge < -0.3 is 23.9 Å². The van der Waals surface area contributed by atoms with Crippen molar-refractivity contribution in [2.24, 2.45) is 7.05 Å². The van der Waals surface area contributed by atoms with Crippen molar-refractivity contribution in [3.63, 3.8) is 0 Å². The summed E-state index contributed by atoms with van der Waals surface area (Å²) in [5.41, 5.74) is 4.01. The lowest BCUT2D eigenvalue weighted by atomic mass is 9.89. The molecule has 3 aromatic heterocycles. The third kappa shape index (κ3) is 5.19. The van der Waals surface area contributed by atoms with Crippen LogP contribution in [0.5, 0.6) is 5.75 Å². The zero-order valence-corrected chi connectivity index (χ0v) is 21.9. The number of hydrogen-bond acceptors (Lipinski definition) is 6. The van der Waals surface area contributed by atoms with E-state index in [1.54, 1.807) is 11.6 Å². The molecule has 38 heavy (non-hydrogen) atoms. The van der Waals surface area contributed by atoms with E-state index in [1.807, 2.05) is 24.7 Å². The molecule has 5 heterocycles. The molecule has 0 saturated carbocycles. The predicted octanol–water partition coefficient (Wildman–Crippen LogP) is 4.02. The number of nitrogens with zero attached hydrogens (tertiary/aromatic N) is 4. The first-order valence-electron chi connectivity index (χ1n) is 13.6. The van der Waals surface area contributed by atoms with Gasteiger partial charge in [-0.15, -0.1) is 0 Å². The van der Waals surface area contributed by atoms with Crippen LogP contribution in [-0.4, -0.2) is 72.0 Å². The van der Waals surface area contributed by atoms with Crippen LogP contribution < -0.4 is 15.2 Å². The smallest absolute Gasteiger partial charge is 0.274 e. The summed E-state index contributed by atoms with van der Waals surface area (Å²) in [6, 6.07) is 14.8. The van der Waals surface area contributed by atoms with Crippen LogP contribution in [0.3, 0.4) is 0 Å². The van der Waals surface area contributed by atoms with Crippen LogP contribution >= 0.6 is 0 Å². The van der Waals surface area contributed by atoms with Crippen LogP contribution in [0, 0.1) is 0 Å². The van der Waals surface area contributed by atoms with Gasteiger partial charge in [0.25, 0.3) is 5.56 Å². The molecule has 8 nitrogen and oxygen atoms in total. The third-order valence-electron chi connectivity index (χ3n) is 7.90. The number of hydrogen-bond donors (Lipinski definition) is 1. The second kappa shape index (κ2) is 11.0. The molecule has 0 amide bonds. The second-order valence-corrected chi connectivity index (χ2v) is 10.3. The standard InChI is InChI=1S/C30H35N5O3/c1-33-21-27(26-8-11-31-29(26)30(33)36)24-4-7-28(32-20-24)35-12-9-23(10-13-35)22-2-5-25(6-3-22)38-19-16-34-14-17-37-18-15-34/h2-8,11,20-21,23,31H,9-10,12-19H2,1H3. The topological polar surface area (TPSA) is 75.6 Å². The summed E-state index contributed by atoms with van der Waals surface area (Å²) in [5.74, 6) is 2.51. The van der Waals surface area contributed by atoms with Gasteiger partial charge in [0, 0.05) is 74.9 Å². The molecule has 0 atom stereocenters. The Hall–Kier alpha value is -3.62. The summed E-state index contributed by atoms with van der Waals surface area (Å²) in [6.45, 7) is 7.25. The van der Waals surface area contributed by atoms with E-state index in [0.29, 0.717) is 18.0 Å². The molecule has 0 unspecified atom stereocenters. The Labute approximate surface area is 222 Å². The Balaban J connectivity index is 1.04. The molecule has 4 aromatic rings. The zero-order chi connectivity index (χ0) is 25.9. The Kier molecular flexibility index (Phi) is 7.16. The van der Waals surface area contributed by atoms with E-state index in [0.717, 1.165) is 86.9 Å². The van der Waals surface area contributed by atoms with Crippen molar-refractivity contribution in [1.82, 2.24) is 19.4 Å². The lowest BCUT2D eigenvalue weighted by molar-refractivity contribution is 0.0322. The van der Waals surface area contributed by atoms with E-state index in [1.165, 1.54) is 5.56 Å². The Morgan fingerprint density at radius 1 is 1.03 bits per heavy atom. The van der Waals surface area contributed by atoms with Crippen molar-refractivity contribution < 1.29 is 9.47 Å². The number of piperidine rings is 1. The highest BCUT2D eigenvalue weighted by Gasteiger charge is 2.22. The molecule has 2 saturated heterocycles. The average Bonchev–Trinajstić information content (AvgIpc) is 3.47. The van der Waals surface area contributed by atoms with Crippen molar-refractivity contribution in [3.05, 3.63) is 77.0 Å². The fourth-order valence-electron chi connectivity index (χ4n) is 5.63. The molecule has 198 valence electrons. The number of pyridine rings is 2. The van der Waals surface area contributed by atoms with Gasteiger partial charge in [0.15, 0.2) is 0 Å². The molecular weight excluding hydrogens is 478 g/mol. The highest BCUT2D eigenvalue weighted by Crippen LogP contribution is 2.32. The Morgan fingerprint density at radius 3 is 2.55 bits per heavy atom. The van der Waals surface area contributed by atoms with Gasteiger partial charge >= 0.3 is 0 Å². The maximum absolute atomic E-state index is 12.4. The molecule has 2 aliphatic heterocycles. The van der Waals surface area contributed by atoms with Crippen LogP contribution in [0.25, 0.3) is 22.0 Å². The Morgan fingerprint density at radius 2 is 1.82 bits per heavy atom. The maximum atomic E-state index is 12.4. The van der Waals surface area contributed by atoms with E-state index in [2.05, 4.69) is 51.2 Å². The first-order valence-corrected chi connectivity index (χ1v) is 13.6. The third-order valence-corrected chi connectivity index (χ3v) is 7.90. The van der Waals surface area contributed by atoms with Gasteiger partial charge in [-0.2, -0.15) is 0 Å². The number of aromatic amines is 1. The van der Waals surface area contributed by atoms with Gasteiger partial charge in [-0.3, -0.25) is 9.69 Å². The van der Waals surface area contributed by atoms with Gasteiger partial charge in [-0.05, 0) is 54.7 Å². The van der Waals surface area contributed by atoms with Gasteiger partial charge in [0.2, 0.25) is 0 Å². The normalized spacial score (nSPS) is 17.2. The highest BCUT2D eigenvalue weighted by atomic mass is 16.5. The van der Waals surface area contributed by atoms with Crippen LogP contribution in [0.4, 0.5) is 5.82 Å². The number of rotatable bonds is 7. The summed E-state index contributed by atoms with van der Waals surface area (Å²) >= 11 is 0. The van der Waals surface area contributed by atoms with E-state index in [9.17, 15) is 4.79 Å². The minimum Gasteiger partial charge on any atom is -0.492 e. The van der Waals surface area contributed by atoms with E-state index >= 15 is 0 Å². The lowest BCUT2D eigenvalue weighted by Crippen LogP contribution is -2.38. The number of aromatic nitrogens is 3. The first-order chi connectivity index (χ1) is 18.7. The zero-order valence-electron chi connectivity index (χ0n) is 21.9. The van der Waals surface area contributed by atoms with Crippen molar-refractivity contribution >= 4 is 16.7 Å². The molecule has 1 aromatic carbocycles. The van der Waals surface area contributed by atoms with Crippen LogP contribution in [0.15, 0.2) is 65.8 Å². The van der Waals surface area contributed by atoms with E-state index in [4.69, 9.17) is 14.5 Å². The molecule has 0 spiro atoms. The molecular formula is C30H35N5O3. The molecule has 0 aliphatic carbocycles. The number of ether oxygens (including phenoxy) is 2. The van der Waals surface area contributed by atoms with Crippen molar-refractivity contribution in [3.8, 4) is 16.9 Å². The summed E-state index contributed by atoms with van der Waals surface area (Å²) in [7, 11) is 1.78.